The van der Waals surface area contributed by atoms with E-state index in [1.54, 1.807) is 31.2 Å². The van der Waals surface area contributed by atoms with E-state index in [2.05, 4.69) is 0 Å². The van der Waals surface area contributed by atoms with E-state index in [1.165, 1.54) is 12.1 Å². The number of halogens is 5. The monoisotopic (exact) mass is 464 g/mol. The van der Waals surface area contributed by atoms with E-state index >= 15 is 0 Å². The third kappa shape index (κ3) is 5.17. The molecule has 1 aliphatic heterocycles. The highest BCUT2D eigenvalue weighted by Gasteiger charge is 2.25. The van der Waals surface area contributed by atoms with Gasteiger partial charge in [-0.05, 0) is 47.4 Å². The Morgan fingerprint density at radius 2 is 1.36 bits per heavy atom. The number of hydrogen-bond donors (Lipinski definition) is 0. The number of benzene rings is 3. The highest BCUT2D eigenvalue weighted by atomic mass is 19.2. The van der Waals surface area contributed by atoms with Gasteiger partial charge in [0.25, 0.3) is 0 Å². The number of hydrogen-bond acceptors (Lipinski definition) is 3. The Morgan fingerprint density at radius 3 is 1.91 bits per heavy atom. The van der Waals surface area contributed by atoms with E-state index in [4.69, 9.17) is 14.2 Å². The van der Waals surface area contributed by atoms with Crippen LogP contribution < -0.4 is 4.74 Å². The van der Waals surface area contributed by atoms with Crippen molar-refractivity contribution in [2.75, 3.05) is 19.8 Å². The molecule has 1 aliphatic rings. The molecule has 0 spiro atoms. The zero-order valence-corrected chi connectivity index (χ0v) is 17.7. The Bertz CT molecular complexity index is 1080. The van der Waals surface area contributed by atoms with Crippen LogP contribution in [0.1, 0.15) is 24.3 Å². The molecule has 1 heterocycles. The summed E-state index contributed by atoms with van der Waals surface area (Å²) in [6, 6.07) is 10.9. The molecule has 3 nitrogen and oxygen atoms in total. The van der Waals surface area contributed by atoms with Crippen LogP contribution in [0, 0.1) is 35.0 Å². The smallest absolute Gasteiger partial charge is 0.194 e. The maximum atomic E-state index is 14.1. The summed E-state index contributed by atoms with van der Waals surface area (Å²) in [5, 5.41) is 0. The van der Waals surface area contributed by atoms with Gasteiger partial charge in [-0.25, -0.2) is 22.0 Å². The van der Waals surface area contributed by atoms with Crippen molar-refractivity contribution >= 4 is 0 Å². The topological polar surface area (TPSA) is 27.7 Å². The predicted octanol–water partition coefficient (Wildman–Crippen LogP) is 6.35. The summed E-state index contributed by atoms with van der Waals surface area (Å²) in [6.07, 6.45) is -0.160. The van der Waals surface area contributed by atoms with Crippen LogP contribution in [0.5, 0.6) is 5.75 Å². The average Bonchev–Trinajstić information content (AvgIpc) is 2.82. The first-order chi connectivity index (χ1) is 15.9. The molecule has 0 unspecified atom stereocenters. The fraction of sp³-hybridized carbons (Fsp3) is 0.280. The number of aryl methyl sites for hydroxylation is 1. The second-order valence-corrected chi connectivity index (χ2v) is 7.79. The summed E-state index contributed by atoms with van der Waals surface area (Å²) >= 11 is 0. The lowest BCUT2D eigenvalue weighted by Crippen LogP contribution is -2.31. The average molecular weight is 464 g/mol. The molecule has 33 heavy (non-hydrogen) atoms. The van der Waals surface area contributed by atoms with Crippen LogP contribution >= 0.6 is 0 Å². The quantitative estimate of drug-likeness (QED) is 0.314. The lowest BCUT2D eigenvalue weighted by molar-refractivity contribution is -0.208. The van der Waals surface area contributed by atoms with Crippen LogP contribution in [0.4, 0.5) is 22.0 Å². The fourth-order valence-corrected chi connectivity index (χ4v) is 3.54. The van der Waals surface area contributed by atoms with Gasteiger partial charge in [-0.1, -0.05) is 31.2 Å². The molecule has 0 atom stereocenters. The van der Waals surface area contributed by atoms with Gasteiger partial charge in [0.2, 0.25) is 0 Å². The molecule has 174 valence electrons. The molecular weight excluding hydrogens is 443 g/mol. The second-order valence-electron chi connectivity index (χ2n) is 7.79. The van der Waals surface area contributed by atoms with Gasteiger partial charge < -0.3 is 14.2 Å². The first-order valence-corrected chi connectivity index (χ1v) is 10.4. The minimum atomic E-state index is -1.51. The molecule has 3 aromatic rings. The maximum Gasteiger partial charge on any atom is 0.194 e. The van der Waals surface area contributed by atoms with Crippen LogP contribution in [0.15, 0.2) is 48.5 Å². The highest BCUT2D eigenvalue weighted by molar-refractivity contribution is 5.64. The Balaban J connectivity index is 1.34. The Kier molecular flexibility index (Phi) is 6.95. The highest BCUT2D eigenvalue weighted by Crippen LogP contribution is 2.30. The molecule has 0 bridgehead atoms. The first-order valence-electron chi connectivity index (χ1n) is 10.4. The van der Waals surface area contributed by atoms with Gasteiger partial charge in [0, 0.05) is 11.5 Å². The standard InChI is InChI=1S/C25H21F5O3/c1-2-14-7-21(28)24(22(29)8-14)31-11-15-12-32-25(33-13-15)17-5-3-16(4-6-17)18-9-19(26)23(30)20(27)10-18/h3-10,15,25H,2,11-13H2,1H3. The molecule has 0 N–H and O–H groups in total. The molecular formula is C25H21F5O3. The summed E-state index contributed by atoms with van der Waals surface area (Å²) in [7, 11) is 0. The fourth-order valence-electron chi connectivity index (χ4n) is 3.54. The largest absolute Gasteiger partial charge is 0.487 e. The van der Waals surface area contributed by atoms with E-state index in [1.807, 2.05) is 0 Å². The molecule has 1 fully saturated rings. The molecule has 0 radical (unpaired) electrons. The molecule has 0 aliphatic carbocycles. The maximum absolute atomic E-state index is 14.1. The van der Waals surface area contributed by atoms with Crippen molar-refractivity contribution in [2.24, 2.45) is 5.92 Å². The molecule has 4 rings (SSSR count). The number of rotatable bonds is 6. The van der Waals surface area contributed by atoms with Gasteiger partial charge in [0.05, 0.1) is 19.8 Å². The van der Waals surface area contributed by atoms with Crippen molar-refractivity contribution in [1.82, 2.24) is 0 Å². The molecule has 0 amide bonds. The van der Waals surface area contributed by atoms with E-state index in [9.17, 15) is 22.0 Å². The Labute approximate surface area is 187 Å². The van der Waals surface area contributed by atoms with Crippen molar-refractivity contribution < 1.29 is 36.2 Å². The third-order valence-electron chi connectivity index (χ3n) is 5.40. The van der Waals surface area contributed by atoms with E-state index in [0.29, 0.717) is 23.1 Å². The first kappa shape index (κ1) is 23.2. The summed E-state index contributed by atoms with van der Waals surface area (Å²) in [4.78, 5) is 0. The molecule has 0 saturated carbocycles. The Hall–Kier alpha value is -2.97. The SMILES string of the molecule is CCc1cc(F)c(OCC2COC(c3ccc(-c4cc(F)c(F)c(F)c4)cc3)OC2)c(F)c1. The van der Waals surface area contributed by atoms with Crippen molar-refractivity contribution in [3.8, 4) is 16.9 Å². The van der Waals surface area contributed by atoms with Crippen LogP contribution in [0.2, 0.25) is 0 Å². The lowest BCUT2D eigenvalue weighted by Gasteiger charge is -2.29. The lowest BCUT2D eigenvalue weighted by atomic mass is 10.0. The van der Waals surface area contributed by atoms with Gasteiger partial charge in [0.15, 0.2) is 41.1 Å². The van der Waals surface area contributed by atoms with Crippen LogP contribution in [0.25, 0.3) is 11.1 Å². The van der Waals surface area contributed by atoms with Crippen molar-refractivity contribution in [2.45, 2.75) is 19.6 Å². The molecule has 0 aromatic heterocycles. The van der Waals surface area contributed by atoms with E-state index < -0.39 is 41.1 Å². The van der Waals surface area contributed by atoms with Crippen molar-refractivity contribution in [3.63, 3.8) is 0 Å². The molecule has 3 aromatic carbocycles. The summed E-state index contributed by atoms with van der Waals surface area (Å²) in [5.74, 6) is -6.17. The van der Waals surface area contributed by atoms with Gasteiger partial charge in [-0.2, -0.15) is 0 Å². The van der Waals surface area contributed by atoms with E-state index in [-0.39, 0.29) is 31.3 Å². The zero-order valence-electron chi connectivity index (χ0n) is 17.7. The predicted molar refractivity (Wildman–Crippen MR) is 111 cm³/mol. The van der Waals surface area contributed by atoms with Crippen molar-refractivity contribution in [1.29, 1.82) is 0 Å². The minimum Gasteiger partial charge on any atom is -0.487 e. The molecule has 8 heteroatoms. The van der Waals surface area contributed by atoms with Gasteiger partial charge in [-0.3, -0.25) is 0 Å². The normalized spacial score (nSPS) is 18.4. The van der Waals surface area contributed by atoms with Crippen molar-refractivity contribution in [3.05, 3.63) is 88.7 Å². The third-order valence-corrected chi connectivity index (χ3v) is 5.40. The van der Waals surface area contributed by atoms with Gasteiger partial charge >= 0.3 is 0 Å². The van der Waals surface area contributed by atoms with Crippen LogP contribution in [-0.4, -0.2) is 19.8 Å². The van der Waals surface area contributed by atoms with Crippen LogP contribution in [-0.2, 0) is 15.9 Å². The van der Waals surface area contributed by atoms with E-state index in [0.717, 1.165) is 12.1 Å². The molecule has 1 saturated heterocycles. The van der Waals surface area contributed by atoms with Gasteiger partial charge in [-0.15, -0.1) is 0 Å². The zero-order chi connectivity index (χ0) is 23.5. The minimum absolute atomic E-state index is 0.0205. The Morgan fingerprint density at radius 1 is 0.788 bits per heavy atom. The summed E-state index contributed by atoms with van der Waals surface area (Å²) in [5.41, 5.74) is 1.92. The second kappa shape index (κ2) is 9.89. The van der Waals surface area contributed by atoms with Crippen LogP contribution in [0.3, 0.4) is 0 Å². The van der Waals surface area contributed by atoms with Gasteiger partial charge in [0.1, 0.15) is 0 Å². The summed E-state index contributed by atoms with van der Waals surface area (Å²) in [6.45, 7) is 2.32. The summed E-state index contributed by atoms with van der Waals surface area (Å²) < 4.78 is 85.0. The number of ether oxygens (including phenoxy) is 3.